The number of anilines is 1. The van der Waals surface area contributed by atoms with E-state index < -0.39 is 0 Å². The normalized spacial score (nSPS) is 10.6. The van der Waals surface area contributed by atoms with Crippen LogP contribution < -0.4 is 10.5 Å². The molecule has 3 aromatic rings. The zero-order chi connectivity index (χ0) is 13.2. The summed E-state index contributed by atoms with van der Waals surface area (Å²) in [5.74, 6) is 1.36. The van der Waals surface area contributed by atoms with Crippen molar-refractivity contribution in [2.75, 3.05) is 5.73 Å². The molecule has 2 aromatic heterocycles. The van der Waals surface area contributed by atoms with Crippen molar-refractivity contribution in [3.8, 4) is 11.5 Å². The van der Waals surface area contributed by atoms with Crippen LogP contribution in [-0.4, -0.2) is 9.97 Å². The number of hydrogen-bond donors (Lipinski definition) is 1. The van der Waals surface area contributed by atoms with Gasteiger partial charge in [-0.25, -0.2) is 0 Å². The number of pyridine rings is 2. The Hall–Kier alpha value is -2.14. The third-order valence-corrected chi connectivity index (χ3v) is 3.15. The van der Waals surface area contributed by atoms with Gasteiger partial charge in [0.25, 0.3) is 0 Å². The van der Waals surface area contributed by atoms with Gasteiger partial charge in [0, 0.05) is 39.5 Å². The smallest absolute Gasteiger partial charge is 0.146 e. The molecule has 0 bridgehead atoms. The minimum absolute atomic E-state index is 0.657. The lowest BCUT2D eigenvalue weighted by molar-refractivity contribution is 0.485. The van der Waals surface area contributed by atoms with E-state index in [0.29, 0.717) is 17.2 Å². The summed E-state index contributed by atoms with van der Waals surface area (Å²) < 4.78 is 6.70. The number of fused-ring (bicyclic) bond motifs is 1. The third-order valence-electron chi connectivity index (χ3n) is 2.72. The Labute approximate surface area is 118 Å². The van der Waals surface area contributed by atoms with E-state index in [9.17, 15) is 0 Å². The minimum atomic E-state index is 0.657. The Bertz CT molecular complexity index is 746. The lowest BCUT2D eigenvalue weighted by Crippen LogP contribution is -1.91. The molecule has 0 spiro atoms. The maximum Gasteiger partial charge on any atom is 0.146 e. The first kappa shape index (κ1) is 11.9. The minimum Gasteiger partial charge on any atom is -0.455 e. The summed E-state index contributed by atoms with van der Waals surface area (Å²) in [5, 5.41) is 1.80. The van der Waals surface area contributed by atoms with Gasteiger partial charge in [-0.1, -0.05) is 0 Å². The lowest BCUT2D eigenvalue weighted by atomic mass is 10.1. The Balaban J connectivity index is 2.09. The van der Waals surface area contributed by atoms with Gasteiger partial charge in [0.05, 0.1) is 6.20 Å². The van der Waals surface area contributed by atoms with Gasteiger partial charge in [0.1, 0.15) is 11.5 Å². The molecule has 5 heteroatoms. The van der Waals surface area contributed by atoms with Crippen molar-refractivity contribution in [2.45, 2.75) is 0 Å². The number of nitrogens with two attached hydrogens (primary N) is 1. The van der Waals surface area contributed by atoms with Crippen LogP contribution in [0.4, 0.5) is 5.69 Å². The topological polar surface area (TPSA) is 61.0 Å². The molecule has 0 saturated carbocycles. The first-order chi connectivity index (χ1) is 9.24. The standard InChI is InChI=1S/C14H10BrN3O/c15-9-5-10(7-18-6-9)19-14-2-1-13(16)11-3-4-17-8-12(11)14/h1-8H,16H2. The summed E-state index contributed by atoms with van der Waals surface area (Å²) in [6, 6.07) is 7.38. The molecule has 0 amide bonds. The predicted octanol–water partition coefficient (Wildman–Crippen LogP) is 3.77. The third kappa shape index (κ3) is 2.37. The van der Waals surface area contributed by atoms with Crippen molar-refractivity contribution in [2.24, 2.45) is 0 Å². The van der Waals surface area contributed by atoms with Gasteiger partial charge in [-0.05, 0) is 40.2 Å². The molecule has 0 radical (unpaired) electrons. The molecular formula is C14H10BrN3O. The molecule has 0 aliphatic heterocycles. The molecule has 2 N–H and O–H groups in total. The van der Waals surface area contributed by atoms with E-state index in [4.69, 9.17) is 10.5 Å². The van der Waals surface area contributed by atoms with Crippen LogP contribution in [-0.2, 0) is 0 Å². The summed E-state index contributed by atoms with van der Waals surface area (Å²) >= 11 is 3.36. The second kappa shape index (κ2) is 4.85. The number of ether oxygens (including phenoxy) is 1. The molecule has 1 aromatic carbocycles. The fraction of sp³-hybridized carbons (Fsp3) is 0. The average molecular weight is 316 g/mol. The lowest BCUT2D eigenvalue weighted by Gasteiger charge is -2.10. The number of rotatable bonds is 2. The van der Waals surface area contributed by atoms with Crippen LogP contribution in [0.2, 0.25) is 0 Å². The van der Waals surface area contributed by atoms with Crippen molar-refractivity contribution in [1.82, 2.24) is 9.97 Å². The fourth-order valence-corrected chi connectivity index (χ4v) is 2.20. The highest BCUT2D eigenvalue weighted by atomic mass is 79.9. The molecule has 0 saturated heterocycles. The number of aromatic nitrogens is 2. The largest absolute Gasteiger partial charge is 0.455 e. The molecule has 94 valence electrons. The quantitative estimate of drug-likeness (QED) is 0.731. The second-order valence-electron chi connectivity index (χ2n) is 4.02. The average Bonchev–Trinajstić information content (AvgIpc) is 2.42. The summed E-state index contributed by atoms with van der Waals surface area (Å²) in [7, 11) is 0. The van der Waals surface area contributed by atoms with E-state index in [1.807, 2.05) is 24.3 Å². The highest BCUT2D eigenvalue weighted by Crippen LogP contribution is 2.32. The summed E-state index contributed by atoms with van der Waals surface area (Å²) in [6.07, 6.45) is 6.81. The highest BCUT2D eigenvalue weighted by molar-refractivity contribution is 9.10. The number of nitrogen functional groups attached to an aromatic ring is 1. The maximum atomic E-state index is 5.94. The highest BCUT2D eigenvalue weighted by Gasteiger charge is 2.06. The maximum absolute atomic E-state index is 5.94. The number of benzene rings is 1. The van der Waals surface area contributed by atoms with Crippen LogP contribution in [0.5, 0.6) is 11.5 Å². The van der Waals surface area contributed by atoms with E-state index in [-0.39, 0.29) is 0 Å². The molecule has 0 aliphatic carbocycles. The molecule has 0 aliphatic rings. The first-order valence-corrected chi connectivity index (χ1v) is 6.44. The summed E-state index contributed by atoms with van der Waals surface area (Å²) in [4.78, 5) is 8.18. The Morgan fingerprint density at radius 1 is 1.00 bits per heavy atom. The van der Waals surface area contributed by atoms with Gasteiger partial charge in [-0.2, -0.15) is 0 Å². The summed E-state index contributed by atoms with van der Waals surface area (Å²) in [6.45, 7) is 0. The number of hydrogen-bond acceptors (Lipinski definition) is 4. The van der Waals surface area contributed by atoms with Crippen LogP contribution in [0, 0.1) is 0 Å². The van der Waals surface area contributed by atoms with Gasteiger partial charge >= 0.3 is 0 Å². The van der Waals surface area contributed by atoms with Crippen molar-refractivity contribution in [1.29, 1.82) is 0 Å². The van der Waals surface area contributed by atoms with Crippen LogP contribution in [0.25, 0.3) is 10.8 Å². The van der Waals surface area contributed by atoms with Crippen LogP contribution >= 0.6 is 15.9 Å². The van der Waals surface area contributed by atoms with Crippen LogP contribution in [0.1, 0.15) is 0 Å². The first-order valence-electron chi connectivity index (χ1n) is 5.64. The van der Waals surface area contributed by atoms with Crippen molar-refractivity contribution >= 4 is 32.4 Å². The zero-order valence-electron chi connectivity index (χ0n) is 9.88. The van der Waals surface area contributed by atoms with Gasteiger partial charge in [0.15, 0.2) is 0 Å². The SMILES string of the molecule is Nc1ccc(Oc2cncc(Br)c2)c2cnccc12. The van der Waals surface area contributed by atoms with E-state index >= 15 is 0 Å². The summed E-state index contributed by atoms with van der Waals surface area (Å²) in [5.41, 5.74) is 6.65. The van der Waals surface area contributed by atoms with E-state index in [0.717, 1.165) is 15.2 Å². The molecular weight excluding hydrogens is 306 g/mol. The Morgan fingerprint density at radius 2 is 1.89 bits per heavy atom. The Kier molecular flexibility index (Phi) is 3.05. The fourth-order valence-electron chi connectivity index (χ4n) is 1.85. The monoisotopic (exact) mass is 315 g/mol. The van der Waals surface area contributed by atoms with Gasteiger partial charge in [0.2, 0.25) is 0 Å². The predicted molar refractivity (Wildman–Crippen MR) is 78.2 cm³/mol. The van der Waals surface area contributed by atoms with Gasteiger partial charge in [-0.3, -0.25) is 9.97 Å². The van der Waals surface area contributed by atoms with Crippen molar-refractivity contribution in [3.63, 3.8) is 0 Å². The number of nitrogens with zero attached hydrogens (tertiary/aromatic N) is 2. The molecule has 0 atom stereocenters. The number of halogens is 1. The second-order valence-corrected chi connectivity index (χ2v) is 4.93. The molecule has 19 heavy (non-hydrogen) atoms. The van der Waals surface area contributed by atoms with Gasteiger partial charge < -0.3 is 10.5 Å². The van der Waals surface area contributed by atoms with Crippen molar-refractivity contribution in [3.05, 3.63) is 53.5 Å². The molecule has 3 rings (SSSR count). The molecule has 0 unspecified atom stereocenters. The van der Waals surface area contributed by atoms with Crippen LogP contribution in [0.3, 0.4) is 0 Å². The van der Waals surface area contributed by atoms with Crippen molar-refractivity contribution < 1.29 is 4.74 Å². The van der Waals surface area contributed by atoms with E-state index in [2.05, 4.69) is 25.9 Å². The van der Waals surface area contributed by atoms with Gasteiger partial charge in [-0.15, -0.1) is 0 Å². The zero-order valence-corrected chi connectivity index (χ0v) is 11.5. The van der Waals surface area contributed by atoms with E-state index in [1.54, 1.807) is 24.8 Å². The van der Waals surface area contributed by atoms with Crippen LogP contribution in [0.15, 0.2) is 53.5 Å². The van der Waals surface area contributed by atoms with E-state index in [1.165, 1.54) is 0 Å². The molecule has 2 heterocycles. The molecule has 4 nitrogen and oxygen atoms in total. The Morgan fingerprint density at radius 3 is 2.74 bits per heavy atom. The molecule has 0 fully saturated rings.